The standard InChI is InChI=1S/C18H18F3NO.C17H19NO3S/c19-18(20,21)13-23-16-11-22(12-16)17(14-7-3-1-4-8-14)15-9-5-2-6-10-15;1-22(19,20)21-16-12-18(13-16)17(14-8-4-2-5-9-14)15-10-6-3-7-11-15/h1-10,16-17H,11-13H2;2-11,16-17H,12-13H2,1H3. The lowest BCUT2D eigenvalue weighted by atomic mass is 9.94. The van der Waals surface area contributed by atoms with Crippen molar-refractivity contribution in [3.05, 3.63) is 144 Å². The third kappa shape index (κ3) is 9.48. The predicted octanol–water partition coefficient (Wildman–Crippen LogP) is 6.48. The van der Waals surface area contributed by atoms with E-state index in [0.717, 1.165) is 17.4 Å². The van der Waals surface area contributed by atoms with Gasteiger partial charge in [0.15, 0.2) is 0 Å². The largest absolute Gasteiger partial charge is 0.411 e. The lowest BCUT2D eigenvalue weighted by Gasteiger charge is -2.44. The molecule has 0 aromatic heterocycles. The van der Waals surface area contributed by atoms with Crippen molar-refractivity contribution in [3.8, 4) is 0 Å². The van der Waals surface area contributed by atoms with Crippen molar-refractivity contribution in [1.82, 2.24) is 9.80 Å². The van der Waals surface area contributed by atoms with E-state index in [-0.39, 0.29) is 24.3 Å². The van der Waals surface area contributed by atoms with Crippen molar-refractivity contribution in [2.45, 2.75) is 30.5 Å². The summed E-state index contributed by atoms with van der Waals surface area (Å²) < 4.78 is 69.1. The van der Waals surface area contributed by atoms with Crippen molar-refractivity contribution in [3.63, 3.8) is 0 Å². The molecule has 2 fully saturated rings. The maximum absolute atomic E-state index is 12.2. The van der Waals surface area contributed by atoms with Crippen molar-refractivity contribution in [1.29, 1.82) is 0 Å². The van der Waals surface area contributed by atoms with Gasteiger partial charge in [-0.3, -0.25) is 14.0 Å². The molecule has 2 aliphatic heterocycles. The number of hydrogen-bond donors (Lipinski definition) is 0. The third-order valence-electron chi connectivity index (χ3n) is 7.74. The average Bonchev–Trinajstić information content (AvgIpc) is 2.98. The molecule has 0 saturated carbocycles. The average molecular weight is 639 g/mol. The van der Waals surface area contributed by atoms with E-state index < -0.39 is 22.9 Å². The molecule has 2 aliphatic rings. The van der Waals surface area contributed by atoms with Gasteiger partial charge in [0, 0.05) is 26.2 Å². The number of benzene rings is 4. The second-order valence-corrected chi connectivity index (χ2v) is 12.9. The summed E-state index contributed by atoms with van der Waals surface area (Å²) in [7, 11) is -3.39. The van der Waals surface area contributed by atoms with Gasteiger partial charge in [-0.1, -0.05) is 121 Å². The Morgan fingerprint density at radius 1 is 0.622 bits per heavy atom. The van der Waals surface area contributed by atoms with Crippen molar-refractivity contribution in [2.24, 2.45) is 0 Å². The molecule has 10 heteroatoms. The first-order valence-corrected chi connectivity index (χ1v) is 16.6. The molecule has 0 aliphatic carbocycles. The number of ether oxygens (including phenoxy) is 1. The highest BCUT2D eigenvalue weighted by molar-refractivity contribution is 7.86. The van der Waals surface area contributed by atoms with Crippen LogP contribution in [0.15, 0.2) is 121 Å². The van der Waals surface area contributed by atoms with Gasteiger partial charge >= 0.3 is 6.18 Å². The van der Waals surface area contributed by atoms with Gasteiger partial charge in [-0.25, -0.2) is 0 Å². The molecule has 238 valence electrons. The van der Waals surface area contributed by atoms with Crippen LogP contribution >= 0.6 is 0 Å². The third-order valence-corrected chi connectivity index (χ3v) is 8.36. The summed E-state index contributed by atoms with van der Waals surface area (Å²) in [5.74, 6) is 0. The van der Waals surface area contributed by atoms with Gasteiger partial charge in [0.05, 0.1) is 24.4 Å². The highest BCUT2D eigenvalue weighted by Gasteiger charge is 2.38. The lowest BCUT2D eigenvalue weighted by Crippen LogP contribution is -2.54. The van der Waals surface area contributed by atoms with E-state index in [4.69, 9.17) is 8.92 Å². The van der Waals surface area contributed by atoms with Crippen LogP contribution < -0.4 is 0 Å². The Kier molecular flexibility index (Phi) is 10.7. The zero-order chi connectivity index (χ0) is 31.9. The molecule has 0 atom stereocenters. The minimum absolute atomic E-state index is 0.0446. The molecule has 0 unspecified atom stereocenters. The summed E-state index contributed by atoms with van der Waals surface area (Å²) in [6, 6.07) is 40.6. The van der Waals surface area contributed by atoms with E-state index in [0.29, 0.717) is 26.2 Å². The Morgan fingerprint density at radius 2 is 0.933 bits per heavy atom. The SMILES string of the molecule is CS(=O)(=O)OC1CN(C(c2ccccc2)c2ccccc2)C1.FC(F)(F)COC1CN(C(c2ccccc2)c2ccccc2)C1. The summed E-state index contributed by atoms with van der Waals surface area (Å²) >= 11 is 0. The molecule has 2 saturated heterocycles. The van der Waals surface area contributed by atoms with Crippen molar-refractivity contribution >= 4 is 10.1 Å². The Balaban J connectivity index is 0.000000178. The molecular formula is C35H37F3N2O4S. The predicted molar refractivity (Wildman–Crippen MR) is 168 cm³/mol. The molecule has 0 bridgehead atoms. The van der Waals surface area contributed by atoms with Gasteiger partial charge < -0.3 is 4.74 Å². The van der Waals surface area contributed by atoms with Gasteiger partial charge in [-0.05, 0) is 22.3 Å². The smallest absolute Gasteiger partial charge is 0.366 e. The molecular weight excluding hydrogens is 601 g/mol. The summed E-state index contributed by atoms with van der Waals surface area (Å²) in [6.07, 6.45) is -3.77. The van der Waals surface area contributed by atoms with Gasteiger partial charge in [0.2, 0.25) is 0 Å². The summed E-state index contributed by atoms with van der Waals surface area (Å²) in [6.45, 7) is 1.06. The number of halogens is 3. The minimum atomic E-state index is -4.27. The van der Waals surface area contributed by atoms with E-state index >= 15 is 0 Å². The Labute approximate surface area is 263 Å². The molecule has 0 amide bonds. The number of likely N-dealkylation sites (tertiary alicyclic amines) is 2. The second kappa shape index (κ2) is 14.7. The zero-order valence-electron chi connectivity index (χ0n) is 25.0. The first-order valence-electron chi connectivity index (χ1n) is 14.8. The highest BCUT2D eigenvalue weighted by Crippen LogP contribution is 2.34. The summed E-state index contributed by atoms with van der Waals surface area (Å²) in [5.41, 5.74) is 4.67. The normalized spacial score (nSPS) is 16.6. The molecule has 2 heterocycles. The monoisotopic (exact) mass is 638 g/mol. The fourth-order valence-corrected chi connectivity index (χ4v) is 6.37. The molecule has 0 N–H and O–H groups in total. The van der Waals surface area contributed by atoms with Crippen LogP contribution in [-0.2, 0) is 19.0 Å². The van der Waals surface area contributed by atoms with E-state index in [1.807, 2.05) is 97.1 Å². The molecule has 0 radical (unpaired) electrons. The Bertz CT molecular complexity index is 1490. The Hall–Kier alpha value is -3.54. The molecule has 0 spiro atoms. The maximum Gasteiger partial charge on any atom is 0.411 e. The molecule has 6 rings (SSSR count). The fraction of sp³-hybridized carbons (Fsp3) is 0.314. The lowest BCUT2D eigenvalue weighted by molar-refractivity contribution is -0.200. The second-order valence-electron chi connectivity index (χ2n) is 11.3. The van der Waals surface area contributed by atoms with Crippen LogP contribution in [0.4, 0.5) is 13.2 Å². The van der Waals surface area contributed by atoms with Crippen LogP contribution in [0.5, 0.6) is 0 Å². The fourth-order valence-electron chi connectivity index (χ4n) is 5.76. The van der Waals surface area contributed by atoms with Crippen LogP contribution in [-0.4, -0.2) is 75.6 Å². The summed E-state index contributed by atoms with van der Waals surface area (Å²) in [5, 5.41) is 0. The van der Waals surface area contributed by atoms with Crippen LogP contribution in [0.1, 0.15) is 34.3 Å². The topological polar surface area (TPSA) is 59.1 Å². The van der Waals surface area contributed by atoms with Gasteiger partial charge in [0.25, 0.3) is 10.1 Å². The maximum atomic E-state index is 12.2. The summed E-state index contributed by atoms with van der Waals surface area (Å²) in [4.78, 5) is 4.38. The van der Waals surface area contributed by atoms with Gasteiger partial charge in [-0.2, -0.15) is 21.6 Å². The number of alkyl halides is 3. The molecule has 6 nitrogen and oxygen atoms in total. The highest BCUT2D eigenvalue weighted by atomic mass is 32.2. The van der Waals surface area contributed by atoms with Crippen LogP contribution in [0.25, 0.3) is 0 Å². The van der Waals surface area contributed by atoms with Crippen LogP contribution in [0.3, 0.4) is 0 Å². The van der Waals surface area contributed by atoms with Gasteiger partial charge in [0.1, 0.15) is 12.7 Å². The van der Waals surface area contributed by atoms with E-state index in [2.05, 4.69) is 34.1 Å². The van der Waals surface area contributed by atoms with E-state index in [9.17, 15) is 21.6 Å². The van der Waals surface area contributed by atoms with Crippen LogP contribution in [0.2, 0.25) is 0 Å². The quantitative estimate of drug-likeness (QED) is 0.186. The van der Waals surface area contributed by atoms with Crippen molar-refractivity contribution < 1.29 is 30.5 Å². The van der Waals surface area contributed by atoms with E-state index in [1.54, 1.807) is 0 Å². The molecule has 4 aromatic carbocycles. The number of hydrogen-bond acceptors (Lipinski definition) is 6. The van der Waals surface area contributed by atoms with E-state index in [1.165, 1.54) is 11.1 Å². The zero-order valence-corrected chi connectivity index (χ0v) is 25.8. The molecule has 45 heavy (non-hydrogen) atoms. The Morgan fingerprint density at radius 3 is 1.22 bits per heavy atom. The first kappa shape index (κ1) is 32.8. The number of rotatable bonds is 10. The number of nitrogens with zero attached hydrogens (tertiary/aromatic N) is 2. The molecule has 4 aromatic rings. The van der Waals surface area contributed by atoms with Gasteiger partial charge in [-0.15, -0.1) is 0 Å². The van der Waals surface area contributed by atoms with Crippen molar-refractivity contribution in [2.75, 3.05) is 39.0 Å². The minimum Gasteiger partial charge on any atom is -0.366 e. The first-order chi connectivity index (χ1) is 21.6. The van der Waals surface area contributed by atoms with Crippen LogP contribution in [0, 0.1) is 0 Å².